The van der Waals surface area contributed by atoms with Gasteiger partial charge in [-0.2, -0.15) is 0 Å². The first-order valence-electron chi connectivity index (χ1n) is 9.46. The van der Waals surface area contributed by atoms with Crippen molar-refractivity contribution >= 4 is 40.5 Å². The van der Waals surface area contributed by atoms with Crippen LogP contribution in [0.3, 0.4) is 0 Å². The lowest BCUT2D eigenvalue weighted by molar-refractivity contribution is 0.262. The second-order valence-corrected chi connectivity index (χ2v) is 6.51. The van der Waals surface area contributed by atoms with Gasteiger partial charge in [-0.15, -0.1) is 0 Å². The number of carbonyl (C=O) groups excluding carboxylic acids is 1. The highest BCUT2D eigenvalue weighted by molar-refractivity contribution is 6.00. The molecule has 2 amide bonds. The molecule has 0 saturated heterocycles. The van der Waals surface area contributed by atoms with Gasteiger partial charge in [0.2, 0.25) is 0 Å². The topological polar surface area (TPSA) is 104 Å². The van der Waals surface area contributed by atoms with Crippen LogP contribution in [0.4, 0.5) is 48.1 Å². The maximum absolute atomic E-state index is 13.7. The van der Waals surface area contributed by atoms with E-state index in [-0.39, 0.29) is 0 Å². The number of aromatic nitrogens is 3. The average molecular weight is 433 g/mol. The molecule has 0 spiro atoms. The number of nitrogens with one attached hydrogen (secondary N) is 4. The van der Waals surface area contributed by atoms with Crippen molar-refractivity contribution in [3.63, 3.8) is 0 Å². The number of pyridine rings is 1. The minimum atomic E-state index is -0.860. The highest BCUT2D eigenvalue weighted by Crippen LogP contribution is 2.21. The first-order chi connectivity index (χ1) is 15.6. The number of urea groups is 1. The van der Waals surface area contributed by atoms with Crippen molar-refractivity contribution in [1.82, 2.24) is 15.0 Å². The van der Waals surface area contributed by atoms with E-state index in [1.165, 1.54) is 12.4 Å². The fourth-order valence-corrected chi connectivity index (χ4v) is 2.74. The Balaban J connectivity index is 1.37. The minimum Gasteiger partial charge on any atom is -0.340 e. The maximum atomic E-state index is 13.7. The molecule has 4 aromatic rings. The number of anilines is 6. The van der Waals surface area contributed by atoms with Gasteiger partial charge in [0.15, 0.2) is 0 Å². The van der Waals surface area contributed by atoms with Gasteiger partial charge < -0.3 is 21.3 Å². The number of rotatable bonds is 6. The maximum Gasteiger partial charge on any atom is 0.323 e. The van der Waals surface area contributed by atoms with E-state index < -0.39 is 23.4 Å². The van der Waals surface area contributed by atoms with Crippen molar-refractivity contribution in [2.75, 3.05) is 21.3 Å². The van der Waals surface area contributed by atoms with Crippen LogP contribution in [-0.4, -0.2) is 21.0 Å². The highest BCUT2D eigenvalue weighted by Gasteiger charge is 2.12. The minimum absolute atomic E-state index is 0.435. The average Bonchev–Trinajstić information content (AvgIpc) is 2.79. The number of amides is 2. The Hall–Kier alpha value is -4.60. The van der Waals surface area contributed by atoms with Gasteiger partial charge in [-0.25, -0.2) is 28.5 Å². The number of benzene rings is 2. The fraction of sp³-hybridized carbons (Fsp3) is 0. The molecule has 0 aliphatic heterocycles. The van der Waals surface area contributed by atoms with Crippen LogP contribution in [0.15, 0.2) is 79.3 Å². The molecular formula is C22H17F2N7O. The molecule has 10 heteroatoms. The van der Waals surface area contributed by atoms with Crippen LogP contribution < -0.4 is 21.3 Å². The molecule has 2 heterocycles. The molecule has 0 unspecified atom stereocenters. The van der Waals surface area contributed by atoms with Crippen LogP contribution >= 0.6 is 0 Å². The molecule has 0 aliphatic rings. The predicted octanol–water partition coefficient (Wildman–Crippen LogP) is 5.28. The summed E-state index contributed by atoms with van der Waals surface area (Å²) in [5, 5.41) is 10.9. The second kappa shape index (κ2) is 9.47. The van der Waals surface area contributed by atoms with Gasteiger partial charge >= 0.3 is 6.03 Å². The van der Waals surface area contributed by atoms with Crippen molar-refractivity contribution in [3.8, 4) is 0 Å². The molecule has 0 bridgehead atoms. The van der Waals surface area contributed by atoms with E-state index in [0.717, 1.165) is 12.1 Å². The molecule has 4 rings (SSSR count). The van der Waals surface area contributed by atoms with Crippen LogP contribution in [0.2, 0.25) is 0 Å². The summed E-state index contributed by atoms with van der Waals surface area (Å²) in [5.74, 6) is 0.0486. The van der Waals surface area contributed by atoms with Crippen molar-refractivity contribution in [1.29, 1.82) is 0 Å². The fourth-order valence-electron chi connectivity index (χ4n) is 2.74. The molecule has 8 nitrogen and oxygen atoms in total. The van der Waals surface area contributed by atoms with E-state index in [1.807, 2.05) is 18.2 Å². The van der Waals surface area contributed by atoms with Crippen molar-refractivity contribution in [3.05, 3.63) is 90.9 Å². The van der Waals surface area contributed by atoms with E-state index in [9.17, 15) is 13.6 Å². The third-order valence-corrected chi connectivity index (χ3v) is 4.20. The number of carbonyl (C=O) groups is 1. The monoisotopic (exact) mass is 433 g/mol. The molecule has 0 fully saturated rings. The van der Waals surface area contributed by atoms with Crippen molar-refractivity contribution in [2.45, 2.75) is 0 Å². The van der Waals surface area contributed by atoms with Gasteiger partial charge in [0, 0.05) is 23.6 Å². The summed E-state index contributed by atoms with van der Waals surface area (Å²) in [6, 6.07) is 16.5. The molecule has 32 heavy (non-hydrogen) atoms. The van der Waals surface area contributed by atoms with E-state index in [4.69, 9.17) is 0 Å². The van der Waals surface area contributed by atoms with Crippen molar-refractivity contribution in [2.24, 2.45) is 0 Å². The van der Waals surface area contributed by atoms with E-state index in [1.54, 1.807) is 36.5 Å². The zero-order valence-corrected chi connectivity index (χ0v) is 16.5. The van der Waals surface area contributed by atoms with Crippen LogP contribution in [0.25, 0.3) is 0 Å². The molecule has 160 valence electrons. The lowest BCUT2D eigenvalue weighted by atomic mass is 10.2. The largest absolute Gasteiger partial charge is 0.340 e. The van der Waals surface area contributed by atoms with Gasteiger partial charge in [0.05, 0.1) is 0 Å². The number of halogens is 2. The molecule has 0 aliphatic carbocycles. The molecule has 2 aromatic carbocycles. The quantitative estimate of drug-likeness (QED) is 0.330. The standard InChI is InChI=1S/C22H17F2N7O/c23-16-4-3-5-17(24)21(16)31-22(32)29-15-9-7-14(8-10-15)28-19-12-20(27-13-26-19)30-18-6-1-2-11-25-18/h1-13H,(H2,29,31,32)(H2,25,26,27,28,30). The van der Waals surface area contributed by atoms with Crippen LogP contribution in [0.5, 0.6) is 0 Å². The Morgan fingerprint density at radius 2 is 1.38 bits per heavy atom. The Labute approximate surface area is 181 Å². The lowest BCUT2D eigenvalue weighted by Gasteiger charge is -2.11. The molecule has 0 radical (unpaired) electrons. The molecule has 0 saturated carbocycles. The number of hydrogen-bond donors (Lipinski definition) is 4. The van der Waals surface area contributed by atoms with Gasteiger partial charge in [-0.1, -0.05) is 12.1 Å². The third kappa shape index (κ3) is 5.30. The summed E-state index contributed by atoms with van der Waals surface area (Å²) in [7, 11) is 0. The number of nitrogens with zero attached hydrogens (tertiary/aromatic N) is 3. The molecular weight excluding hydrogens is 416 g/mol. The molecule has 0 atom stereocenters. The zero-order chi connectivity index (χ0) is 22.3. The van der Waals surface area contributed by atoms with Gasteiger partial charge in [0.25, 0.3) is 0 Å². The summed E-state index contributed by atoms with van der Waals surface area (Å²) >= 11 is 0. The third-order valence-electron chi connectivity index (χ3n) is 4.20. The summed E-state index contributed by atoms with van der Waals surface area (Å²) in [6.07, 6.45) is 3.08. The van der Waals surface area contributed by atoms with E-state index in [0.29, 0.717) is 28.8 Å². The number of hydrogen-bond acceptors (Lipinski definition) is 6. The summed E-state index contributed by atoms with van der Waals surface area (Å²) in [5.41, 5.74) is 0.630. The Morgan fingerprint density at radius 3 is 2.06 bits per heavy atom. The second-order valence-electron chi connectivity index (χ2n) is 6.51. The molecule has 4 N–H and O–H groups in total. The van der Waals surface area contributed by atoms with Gasteiger partial charge in [-0.05, 0) is 48.5 Å². The summed E-state index contributed by atoms with van der Waals surface area (Å²) in [4.78, 5) is 24.6. The van der Waals surface area contributed by atoms with Crippen LogP contribution in [0, 0.1) is 11.6 Å². The smallest absolute Gasteiger partial charge is 0.323 e. The lowest BCUT2D eigenvalue weighted by Crippen LogP contribution is -2.20. The summed E-state index contributed by atoms with van der Waals surface area (Å²) in [6.45, 7) is 0. The SMILES string of the molecule is O=C(Nc1ccc(Nc2cc(Nc3ccccn3)ncn2)cc1)Nc1c(F)cccc1F. The van der Waals surface area contributed by atoms with Gasteiger partial charge in [0.1, 0.15) is 41.1 Å². The van der Waals surface area contributed by atoms with E-state index in [2.05, 4.69) is 36.2 Å². The van der Waals surface area contributed by atoms with E-state index >= 15 is 0 Å². The Morgan fingerprint density at radius 1 is 0.688 bits per heavy atom. The predicted molar refractivity (Wildman–Crippen MR) is 118 cm³/mol. The Kier molecular flexibility index (Phi) is 6.12. The highest BCUT2D eigenvalue weighted by atomic mass is 19.1. The normalized spacial score (nSPS) is 10.3. The first-order valence-corrected chi connectivity index (χ1v) is 9.46. The number of para-hydroxylation sites is 1. The summed E-state index contributed by atoms with van der Waals surface area (Å²) < 4.78 is 27.3. The van der Waals surface area contributed by atoms with Crippen LogP contribution in [-0.2, 0) is 0 Å². The van der Waals surface area contributed by atoms with Crippen LogP contribution in [0.1, 0.15) is 0 Å². The zero-order valence-electron chi connectivity index (χ0n) is 16.5. The Bertz CT molecular complexity index is 1200. The first kappa shape index (κ1) is 20.7. The van der Waals surface area contributed by atoms with Crippen molar-refractivity contribution < 1.29 is 13.6 Å². The molecule has 2 aromatic heterocycles. The van der Waals surface area contributed by atoms with Gasteiger partial charge in [-0.3, -0.25) is 0 Å².